The van der Waals surface area contributed by atoms with Crippen molar-refractivity contribution in [2.45, 2.75) is 32.2 Å². The van der Waals surface area contributed by atoms with Crippen molar-refractivity contribution in [3.63, 3.8) is 0 Å². The van der Waals surface area contributed by atoms with Gasteiger partial charge in [0.05, 0.1) is 11.9 Å². The number of carbonyl (C=O) groups excluding carboxylic acids is 2. The number of nitrogens with one attached hydrogen (secondary N) is 2. The van der Waals surface area contributed by atoms with Gasteiger partial charge in [0.25, 0.3) is 0 Å². The molecule has 1 saturated heterocycles. The van der Waals surface area contributed by atoms with Crippen molar-refractivity contribution in [2.24, 2.45) is 0 Å². The number of aromatic nitrogens is 1. The number of benzene rings is 1. The fourth-order valence-electron chi connectivity index (χ4n) is 3.21. The molecule has 156 valence electrons. The Morgan fingerprint density at radius 1 is 1.28 bits per heavy atom. The van der Waals surface area contributed by atoms with Crippen LogP contribution in [0.4, 0.5) is 15.2 Å². The Hall–Kier alpha value is -2.37. The van der Waals surface area contributed by atoms with E-state index in [4.69, 9.17) is 0 Å². The molecule has 29 heavy (non-hydrogen) atoms. The molecule has 3 rings (SSSR count). The lowest BCUT2D eigenvalue weighted by Gasteiger charge is -2.32. The molecule has 0 spiro atoms. The summed E-state index contributed by atoms with van der Waals surface area (Å²) < 4.78 is 39.5. The van der Waals surface area contributed by atoms with Crippen molar-refractivity contribution in [1.29, 1.82) is 0 Å². The van der Waals surface area contributed by atoms with E-state index in [-0.39, 0.29) is 16.6 Å². The molecule has 0 saturated carbocycles. The molecule has 0 aliphatic carbocycles. The molecule has 0 radical (unpaired) electrons. The van der Waals surface area contributed by atoms with E-state index in [1.54, 1.807) is 11.4 Å². The maximum atomic E-state index is 14.4. The predicted octanol–water partition coefficient (Wildman–Crippen LogP) is 2.66. The second-order valence-corrected chi connectivity index (χ2v) is 9.58. The summed E-state index contributed by atoms with van der Waals surface area (Å²) in [6.07, 6.45) is 3.01. The molecule has 11 heteroatoms. The SMILES string of the molecule is CC(=O)Nc1ccc(-c2csc(NC(=O)C3CCCCN3S(C)(=O)=O)n2)c(F)c1. The smallest absolute Gasteiger partial charge is 0.244 e. The van der Waals surface area contributed by atoms with Crippen LogP contribution < -0.4 is 10.6 Å². The number of halogens is 1. The van der Waals surface area contributed by atoms with Crippen molar-refractivity contribution in [3.05, 3.63) is 29.4 Å². The molecule has 1 aromatic carbocycles. The average molecular weight is 441 g/mol. The summed E-state index contributed by atoms with van der Waals surface area (Å²) >= 11 is 1.12. The summed E-state index contributed by atoms with van der Waals surface area (Å²) in [4.78, 5) is 27.9. The van der Waals surface area contributed by atoms with Gasteiger partial charge in [0.15, 0.2) is 5.13 Å². The molecule has 1 aliphatic heterocycles. The van der Waals surface area contributed by atoms with Gasteiger partial charge in [-0.25, -0.2) is 17.8 Å². The van der Waals surface area contributed by atoms with Crippen LogP contribution in [0.5, 0.6) is 0 Å². The number of rotatable bonds is 5. The molecule has 8 nitrogen and oxygen atoms in total. The first-order valence-corrected chi connectivity index (χ1v) is 11.7. The van der Waals surface area contributed by atoms with Crippen LogP contribution in [0.1, 0.15) is 26.2 Å². The Kier molecular flexibility index (Phi) is 6.30. The fraction of sp³-hybridized carbons (Fsp3) is 0.389. The van der Waals surface area contributed by atoms with Gasteiger partial charge in [0.2, 0.25) is 21.8 Å². The van der Waals surface area contributed by atoms with E-state index in [1.807, 2.05) is 0 Å². The molecule has 1 aliphatic rings. The number of piperidine rings is 1. The highest BCUT2D eigenvalue weighted by Gasteiger charge is 2.34. The van der Waals surface area contributed by atoms with Gasteiger partial charge in [-0.05, 0) is 31.0 Å². The first-order chi connectivity index (χ1) is 13.6. The number of carbonyl (C=O) groups is 2. The summed E-state index contributed by atoms with van der Waals surface area (Å²) in [5.74, 6) is -1.31. The van der Waals surface area contributed by atoms with Crippen molar-refractivity contribution < 1.29 is 22.4 Å². The highest BCUT2D eigenvalue weighted by atomic mass is 32.2. The van der Waals surface area contributed by atoms with Gasteiger partial charge in [-0.15, -0.1) is 11.3 Å². The molecule has 0 bridgehead atoms. The minimum atomic E-state index is -3.49. The number of hydrogen-bond donors (Lipinski definition) is 2. The van der Waals surface area contributed by atoms with Crippen molar-refractivity contribution in [1.82, 2.24) is 9.29 Å². The van der Waals surface area contributed by atoms with Crippen LogP contribution in [0.3, 0.4) is 0 Å². The Morgan fingerprint density at radius 2 is 2.03 bits per heavy atom. The van der Waals surface area contributed by atoms with E-state index < -0.39 is 27.8 Å². The van der Waals surface area contributed by atoms with E-state index in [2.05, 4.69) is 15.6 Å². The summed E-state index contributed by atoms with van der Waals surface area (Å²) in [6, 6.07) is 3.47. The van der Waals surface area contributed by atoms with Gasteiger partial charge in [0.1, 0.15) is 11.9 Å². The molecule has 1 unspecified atom stereocenters. The third kappa shape index (κ3) is 5.17. The first kappa shape index (κ1) is 21.3. The van der Waals surface area contributed by atoms with Gasteiger partial charge in [0, 0.05) is 30.1 Å². The van der Waals surface area contributed by atoms with Crippen LogP contribution in [0, 0.1) is 5.82 Å². The Morgan fingerprint density at radius 3 is 2.69 bits per heavy atom. The van der Waals surface area contributed by atoms with Gasteiger partial charge < -0.3 is 10.6 Å². The Balaban J connectivity index is 1.75. The van der Waals surface area contributed by atoms with Crippen LogP contribution in [0.25, 0.3) is 11.3 Å². The second kappa shape index (κ2) is 8.56. The molecule has 2 N–H and O–H groups in total. The maximum Gasteiger partial charge on any atom is 0.244 e. The second-order valence-electron chi connectivity index (χ2n) is 6.79. The normalized spacial score (nSPS) is 17.7. The lowest BCUT2D eigenvalue weighted by molar-refractivity contribution is -0.120. The zero-order valence-electron chi connectivity index (χ0n) is 15.9. The third-order valence-corrected chi connectivity index (χ3v) is 6.53. The zero-order chi connectivity index (χ0) is 21.2. The molecule has 2 aromatic rings. The van der Waals surface area contributed by atoms with Gasteiger partial charge in [-0.3, -0.25) is 9.59 Å². The number of amides is 2. The van der Waals surface area contributed by atoms with Gasteiger partial charge in [-0.2, -0.15) is 4.31 Å². The molecular formula is C18H21FN4O4S2. The third-order valence-electron chi connectivity index (χ3n) is 4.48. The predicted molar refractivity (Wildman–Crippen MR) is 110 cm³/mol. The number of anilines is 2. The van der Waals surface area contributed by atoms with Crippen LogP contribution >= 0.6 is 11.3 Å². The standard InChI is InChI=1S/C18H21FN4O4S2/c1-11(24)20-12-6-7-13(14(19)9-12)15-10-28-18(21-15)22-17(25)16-5-3-4-8-23(16)29(2,26)27/h6-7,9-10,16H,3-5,8H2,1-2H3,(H,20,24)(H,21,22,25). The average Bonchev–Trinajstić information content (AvgIpc) is 3.08. The largest absolute Gasteiger partial charge is 0.326 e. The van der Waals surface area contributed by atoms with Crippen LogP contribution in [-0.2, 0) is 19.6 Å². The van der Waals surface area contributed by atoms with E-state index in [1.165, 1.54) is 23.4 Å². The molecule has 2 amide bonds. The summed E-state index contributed by atoms with van der Waals surface area (Å²) in [6.45, 7) is 1.64. The fourth-order valence-corrected chi connectivity index (χ4v) is 5.05. The maximum absolute atomic E-state index is 14.4. The Labute approximate surface area is 172 Å². The number of hydrogen-bond acceptors (Lipinski definition) is 6. The highest BCUT2D eigenvalue weighted by molar-refractivity contribution is 7.88. The van der Waals surface area contributed by atoms with E-state index >= 15 is 0 Å². The van der Waals surface area contributed by atoms with Crippen LogP contribution in [0.2, 0.25) is 0 Å². The van der Waals surface area contributed by atoms with E-state index in [0.29, 0.717) is 30.8 Å². The van der Waals surface area contributed by atoms with E-state index in [9.17, 15) is 22.4 Å². The van der Waals surface area contributed by atoms with Crippen molar-refractivity contribution >= 4 is 44.0 Å². The summed E-state index contributed by atoms with van der Waals surface area (Å²) in [7, 11) is -3.49. The lowest BCUT2D eigenvalue weighted by atomic mass is 10.0. The first-order valence-electron chi connectivity index (χ1n) is 8.96. The van der Waals surface area contributed by atoms with Crippen LogP contribution in [-0.4, -0.2) is 48.4 Å². The monoisotopic (exact) mass is 440 g/mol. The molecule has 1 atom stereocenters. The number of sulfonamides is 1. The topological polar surface area (TPSA) is 108 Å². The lowest BCUT2D eigenvalue weighted by Crippen LogP contribution is -2.49. The molecule has 1 fully saturated rings. The van der Waals surface area contributed by atoms with Gasteiger partial charge >= 0.3 is 0 Å². The summed E-state index contributed by atoms with van der Waals surface area (Å²) in [5, 5.41) is 7.00. The van der Waals surface area contributed by atoms with E-state index in [0.717, 1.165) is 24.0 Å². The molecule has 1 aromatic heterocycles. The zero-order valence-corrected chi connectivity index (χ0v) is 17.6. The minimum Gasteiger partial charge on any atom is -0.326 e. The van der Waals surface area contributed by atoms with Crippen molar-refractivity contribution in [3.8, 4) is 11.3 Å². The number of thiazole rings is 1. The van der Waals surface area contributed by atoms with Crippen LogP contribution in [0.15, 0.2) is 23.6 Å². The van der Waals surface area contributed by atoms with Gasteiger partial charge in [-0.1, -0.05) is 6.42 Å². The quantitative estimate of drug-likeness (QED) is 0.743. The molecule has 2 heterocycles. The van der Waals surface area contributed by atoms with Crippen molar-refractivity contribution in [2.75, 3.05) is 23.4 Å². The Bertz CT molecular complexity index is 1040. The summed E-state index contributed by atoms with van der Waals surface area (Å²) in [5.41, 5.74) is 0.896. The number of nitrogens with zero attached hydrogens (tertiary/aromatic N) is 2. The highest BCUT2D eigenvalue weighted by Crippen LogP contribution is 2.29. The minimum absolute atomic E-state index is 0.228. The molecular weight excluding hydrogens is 419 g/mol.